The number of aliphatic imine (C=N–C) groups is 2. The third-order valence-electron chi connectivity index (χ3n) is 7.17. The molecule has 0 saturated carbocycles. The number of nitrogens with two attached hydrogens (primary N) is 6. The summed E-state index contributed by atoms with van der Waals surface area (Å²) in [5, 5.41) is 27.9. The molecule has 23 heteroatoms. The predicted molar refractivity (Wildman–Crippen MR) is 175 cm³/mol. The summed E-state index contributed by atoms with van der Waals surface area (Å²) in [5.41, 5.74) is 32.0. The number of nitrogens with zero attached hydrogens (tertiary/aromatic N) is 3. The van der Waals surface area contributed by atoms with Crippen molar-refractivity contribution in [2.75, 3.05) is 26.2 Å². The maximum atomic E-state index is 13.4. The molecule has 50 heavy (non-hydrogen) atoms. The van der Waals surface area contributed by atoms with Crippen LogP contribution in [0, 0.1) is 0 Å². The van der Waals surface area contributed by atoms with E-state index in [4.69, 9.17) is 34.4 Å². The fourth-order valence-corrected chi connectivity index (χ4v) is 4.81. The van der Waals surface area contributed by atoms with Crippen molar-refractivity contribution in [1.82, 2.24) is 26.2 Å². The first-order valence-corrected chi connectivity index (χ1v) is 15.5. The first kappa shape index (κ1) is 42.3. The number of rotatable bonds is 22. The Morgan fingerprint density at radius 1 is 0.760 bits per heavy atom. The topological polar surface area (TPSA) is 409 Å². The van der Waals surface area contributed by atoms with Crippen LogP contribution in [0.4, 0.5) is 0 Å². The molecule has 23 nitrogen and oxygen atoms in total. The third kappa shape index (κ3) is 15.9. The second-order valence-electron chi connectivity index (χ2n) is 11.3. The highest BCUT2D eigenvalue weighted by Crippen LogP contribution is 2.19. The number of likely N-dealkylation sites (tertiary alicyclic amines) is 1. The van der Waals surface area contributed by atoms with Crippen LogP contribution < -0.4 is 55.7 Å². The highest BCUT2D eigenvalue weighted by molar-refractivity contribution is 5.97. The van der Waals surface area contributed by atoms with Crippen LogP contribution in [-0.2, 0) is 38.4 Å². The van der Waals surface area contributed by atoms with Gasteiger partial charge in [0.15, 0.2) is 11.9 Å². The molecule has 0 aromatic carbocycles. The van der Waals surface area contributed by atoms with Gasteiger partial charge in [0, 0.05) is 19.6 Å². The fraction of sp³-hybridized carbons (Fsp3) is 0.630. The molecule has 1 aliphatic heterocycles. The van der Waals surface area contributed by atoms with E-state index >= 15 is 0 Å². The van der Waals surface area contributed by atoms with Crippen LogP contribution in [0.5, 0.6) is 0 Å². The normalized spacial score (nSPS) is 16.0. The first-order chi connectivity index (χ1) is 23.4. The number of guanidine groups is 2. The molecule has 1 heterocycles. The molecule has 0 bridgehead atoms. The molecule has 0 aromatic heterocycles. The van der Waals surface area contributed by atoms with Crippen molar-refractivity contribution in [3.8, 4) is 0 Å². The standard InChI is InChI=1S/C27H47N13O10/c28-13(10-18(29)41)24(48)40-9-3-6-17(40)23(47)38-14(4-1-7-34-26(30)31)22(46)39-16(11-20(43)44)21(45)36-12-19(42)37-15(25(49)50)5-2-8-35-27(32)33/h13-17H,1-12,28H2,(H2,29,41)(H,36,45)(H,37,42)(H,38,47)(H,39,46)(H,43,44)(H,49,50)(H4,30,31,34)(H4,32,33,35)/t13-,14-,15-,16-,17-/m0/s1. The zero-order valence-corrected chi connectivity index (χ0v) is 27.3. The van der Waals surface area contributed by atoms with Crippen LogP contribution in [0.2, 0.25) is 0 Å². The van der Waals surface area contributed by atoms with Gasteiger partial charge in [0.1, 0.15) is 24.2 Å². The highest BCUT2D eigenvalue weighted by atomic mass is 16.4. The van der Waals surface area contributed by atoms with Crippen LogP contribution in [-0.4, -0.2) is 131 Å². The minimum absolute atomic E-state index is 0.0395. The third-order valence-corrected chi connectivity index (χ3v) is 7.17. The Morgan fingerprint density at radius 2 is 1.34 bits per heavy atom. The van der Waals surface area contributed by atoms with Gasteiger partial charge in [0.05, 0.1) is 25.4 Å². The van der Waals surface area contributed by atoms with Gasteiger partial charge in [-0.2, -0.15) is 0 Å². The zero-order chi connectivity index (χ0) is 38.0. The summed E-state index contributed by atoms with van der Waals surface area (Å²) in [7, 11) is 0. The van der Waals surface area contributed by atoms with E-state index in [1.54, 1.807) is 0 Å². The average molecular weight is 714 g/mol. The van der Waals surface area contributed by atoms with Gasteiger partial charge in [0.25, 0.3) is 0 Å². The van der Waals surface area contributed by atoms with Crippen LogP contribution in [0.1, 0.15) is 51.4 Å². The Labute approximate surface area is 286 Å². The Balaban J connectivity index is 3.03. The number of carbonyl (C=O) groups excluding carboxylic acids is 6. The summed E-state index contributed by atoms with van der Waals surface area (Å²) in [6.45, 7) is -0.486. The number of primary amides is 1. The van der Waals surface area contributed by atoms with Gasteiger partial charge in [0.2, 0.25) is 35.4 Å². The lowest BCUT2D eigenvalue weighted by Gasteiger charge is -2.28. The van der Waals surface area contributed by atoms with Crippen molar-refractivity contribution in [1.29, 1.82) is 0 Å². The Kier molecular flexibility index (Phi) is 18.0. The van der Waals surface area contributed by atoms with Gasteiger partial charge in [-0.1, -0.05) is 0 Å². The fourth-order valence-electron chi connectivity index (χ4n) is 4.81. The van der Waals surface area contributed by atoms with Gasteiger partial charge < -0.3 is 70.8 Å². The Bertz CT molecular complexity index is 1320. The number of carbonyl (C=O) groups is 8. The van der Waals surface area contributed by atoms with Crippen LogP contribution in [0.15, 0.2) is 9.98 Å². The maximum absolute atomic E-state index is 13.4. The second kappa shape index (κ2) is 21.3. The summed E-state index contributed by atoms with van der Waals surface area (Å²) in [5.74, 6) is -8.57. The molecule has 280 valence electrons. The van der Waals surface area contributed by atoms with E-state index in [1.165, 1.54) is 4.90 Å². The van der Waals surface area contributed by atoms with E-state index in [9.17, 15) is 48.6 Å². The minimum atomic E-state index is -1.74. The zero-order valence-electron chi connectivity index (χ0n) is 27.3. The van der Waals surface area contributed by atoms with Crippen molar-refractivity contribution >= 4 is 59.3 Å². The number of carboxylic acids is 2. The molecule has 5 atom stereocenters. The van der Waals surface area contributed by atoms with Crippen molar-refractivity contribution in [2.24, 2.45) is 44.4 Å². The van der Waals surface area contributed by atoms with Gasteiger partial charge in [-0.25, -0.2) is 4.79 Å². The maximum Gasteiger partial charge on any atom is 0.326 e. The average Bonchev–Trinajstić information content (AvgIpc) is 3.51. The molecular formula is C27H47N13O10. The summed E-state index contributed by atoms with van der Waals surface area (Å²) in [6, 6.07) is -6.82. The van der Waals surface area contributed by atoms with Crippen molar-refractivity contribution in [3.05, 3.63) is 0 Å². The molecule has 0 unspecified atom stereocenters. The largest absolute Gasteiger partial charge is 0.481 e. The van der Waals surface area contributed by atoms with Crippen LogP contribution >= 0.6 is 0 Å². The minimum Gasteiger partial charge on any atom is -0.481 e. The Morgan fingerprint density at radius 3 is 1.86 bits per heavy atom. The molecule has 0 radical (unpaired) electrons. The van der Waals surface area contributed by atoms with E-state index in [0.29, 0.717) is 6.42 Å². The van der Waals surface area contributed by atoms with Gasteiger partial charge >= 0.3 is 11.9 Å². The molecule has 1 rings (SSSR count). The number of hydrogen-bond acceptors (Lipinski definition) is 11. The molecule has 0 aliphatic carbocycles. The molecule has 0 aromatic rings. The van der Waals surface area contributed by atoms with Crippen molar-refractivity contribution in [3.63, 3.8) is 0 Å². The molecule has 0 spiro atoms. The lowest BCUT2D eigenvalue weighted by molar-refractivity contribution is -0.143. The summed E-state index contributed by atoms with van der Waals surface area (Å²) < 4.78 is 0. The summed E-state index contributed by atoms with van der Waals surface area (Å²) in [6.07, 6.45) is -0.571. The first-order valence-electron chi connectivity index (χ1n) is 15.5. The van der Waals surface area contributed by atoms with Crippen molar-refractivity contribution < 1.29 is 48.6 Å². The lowest BCUT2D eigenvalue weighted by atomic mass is 10.1. The molecule has 1 fully saturated rings. The number of hydrogen-bond donors (Lipinski definition) is 12. The van der Waals surface area contributed by atoms with E-state index < -0.39 is 97.0 Å². The van der Waals surface area contributed by atoms with Gasteiger partial charge in [-0.15, -0.1) is 0 Å². The van der Waals surface area contributed by atoms with E-state index in [2.05, 4.69) is 31.3 Å². The van der Waals surface area contributed by atoms with E-state index in [1.807, 2.05) is 0 Å². The molecule has 18 N–H and O–H groups in total. The highest BCUT2D eigenvalue weighted by Gasteiger charge is 2.38. The predicted octanol–water partition coefficient (Wildman–Crippen LogP) is -6.58. The van der Waals surface area contributed by atoms with Gasteiger partial charge in [-0.05, 0) is 38.5 Å². The lowest BCUT2D eigenvalue weighted by Crippen LogP contribution is -2.58. The quantitative estimate of drug-likeness (QED) is 0.0282. The Hall–Kier alpha value is -5.74. The summed E-state index contributed by atoms with van der Waals surface area (Å²) in [4.78, 5) is 108. The monoisotopic (exact) mass is 713 g/mol. The number of amides is 6. The molecule has 1 saturated heterocycles. The van der Waals surface area contributed by atoms with Crippen LogP contribution in [0.3, 0.4) is 0 Å². The number of nitrogens with one attached hydrogen (secondary N) is 4. The van der Waals surface area contributed by atoms with E-state index in [-0.39, 0.29) is 63.7 Å². The molecule has 1 aliphatic rings. The summed E-state index contributed by atoms with van der Waals surface area (Å²) >= 11 is 0. The smallest absolute Gasteiger partial charge is 0.326 e. The molecule has 6 amide bonds. The van der Waals surface area contributed by atoms with Gasteiger partial charge in [-0.3, -0.25) is 43.5 Å². The van der Waals surface area contributed by atoms with Crippen LogP contribution in [0.25, 0.3) is 0 Å². The van der Waals surface area contributed by atoms with Crippen molar-refractivity contribution in [2.45, 2.75) is 81.6 Å². The number of carboxylic acid groups (broad SMARTS) is 2. The number of aliphatic carboxylic acids is 2. The van der Waals surface area contributed by atoms with E-state index in [0.717, 1.165) is 0 Å². The SMILES string of the molecule is NC(=O)C[C@H](N)C(=O)N1CCC[C@H]1C(=O)N[C@@H](CCCN=C(N)N)C(=O)N[C@@H](CC(=O)O)C(=O)NCC(=O)N[C@@H](CCCN=C(N)N)C(=O)O. The molecular weight excluding hydrogens is 666 g/mol. The second-order valence-corrected chi connectivity index (χ2v) is 11.3.